The van der Waals surface area contributed by atoms with Crippen molar-refractivity contribution in [1.82, 2.24) is 0 Å². The lowest BCUT2D eigenvalue weighted by molar-refractivity contribution is -0.000156. The fraction of sp³-hybridized carbons (Fsp3) is 0.720. The summed E-state index contributed by atoms with van der Waals surface area (Å²) < 4.78 is 0. The Morgan fingerprint density at radius 2 is 1.42 bits per heavy atom. The van der Waals surface area contributed by atoms with Crippen LogP contribution in [0.3, 0.4) is 0 Å². The summed E-state index contributed by atoms with van der Waals surface area (Å²) in [4.78, 5) is 15.7. The number of carbonyl (C=O) groups is 1. The van der Waals surface area contributed by atoms with E-state index in [1.807, 2.05) is 0 Å². The van der Waals surface area contributed by atoms with Gasteiger partial charge in [0.15, 0.2) is 5.78 Å². The number of aliphatic hydroxyl groups excluding tert-OH is 1. The van der Waals surface area contributed by atoms with Crippen molar-refractivity contribution in [2.45, 2.75) is 108 Å². The van der Waals surface area contributed by atoms with Crippen LogP contribution in [0, 0.1) is 0 Å². The van der Waals surface area contributed by atoms with Crippen molar-refractivity contribution < 1.29 is 15.0 Å². The molecule has 2 N–H and O–H groups in total. The van der Waals surface area contributed by atoms with Gasteiger partial charge in [0.2, 0.25) is 0 Å². The monoisotopic (exact) mass is 431 g/mol. The molecule has 0 spiro atoms. The van der Waals surface area contributed by atoms with E-state index in [-0.39, 0.29) is 6.42 Å². The first-order valence-electron chi connectivity index (χ1n) is 12.1. The van der Waals surface area contributed by atoms with Crippen molar-refractivity contribution in [2.24, 2.45) is 5.11 Å². The SMILES string of the molecule is CCCCCCCCCCCCCCC[C@](O)(C(=O)c1ccccc1)[C@H](CO)N=[N+]=[N-]. The van der Waals surface area contributed by atoms with E-state index in [1.165, 1.54) is 57.8 Å². The topological polar surface area (TPSA) is 106 Å². The Morgan fingerprint density at radius 1 is 0.935 bits per heavy atom. The fourth-order valence-corrected chi connectivity index (χ4v) is 4.03. The number of hydrogen-bond donors (Lipinski definition) is 2. The third-order valence-corrected chi connectivity index (χ3v) is 6.01. The van der Waals surface area contributed by atoms with Crippen molar-refractivity contribution in [3.05, 3.63) is 46.3 Å². The molecule has 1 aromatic carbocycles. The number of hydrogen-bond acceptors (Lipinski definition) is 4. The van der Waals surface area contributed by atoms with Crippen LogP contribution in [0.5, 0.6) is 0 Å². The zero-order valence-corrected chi connectivity index (χ0v) is 19.2. The Bertz CT molecular complexity index is 647. The summed E-state index contributed by atoms with van der Waals surface area (Å²) in [6, 6.07) is 7.30. The minimum Gasteiger partial charge on any atom is -0.396 e. The molecule has 0 aliphatic carbocycles. The standard InChI is InChI=1S/C25H41N3O3/c1-2-3-4-5-6-7-8-9-10-11-12-13-17-20-25(31,23(21-29)27-28-26)24(30)22-18-15-14-16-19-22/h14-16,18-19,23,29,31H,2-13,17,20-21H2,1H3/t23-,25+/m0/s1. The number of nitrogens with zero attached hydrogens (tertiary/aromatic N) is 3. The Balaban J connectivity index is 2.37. The maximum Gasteiger partial charge on any atom is 0.194 e. The zero-order chi connectivity index (χ0) is 22.8. The Labute approximate surface area is 187 Å². The van der Waals surface area contributed by atoms with E-state index in [0.29, 0.717) is 12.0 Å². The van der Waals surface area contributed by atoms with Crippen LogP contribution in [0.15, 0.2) is 35.4 Å². The molecule has 6 heteroatoms. The number of azide groups is 1. The maximum atomic E-state index is 12.9. The molecule has 2 atom stereocenters. The molecule has 0 bridgehead atoms. The van der Waals surface area contributed by atoms with Gasteiger partial charge in [0.05, 0.1) is 12.6 Å². The van der Waals surface area contributed by atoms with Gasteiger partial charge in [-0.3, -0.25) is 4.79 Å². The van der Waals surface area contributed by atoms with Gasteiger partial charge in [0.25, 0.3) is 0 Å². The van der Waals surface area contributed by atoms with Gasteiger partial charge >= 0.3 is 0 Å². The predicted octanol–water partition coefficient (Wildman–Crippen LogP) is 6.75. The summed E-state index contributed by atoms with van der Waals surface area (Å²) in [5.74, 6) is -0.501. The van der Waals surface area contributed by atoms with Gasteiger partial charge in [-0.15, -0.1) is 0 Å². The van der Waals surface area contributed by atoms with Crippen LogP contribution in [-0.4, -0.2) is 34.2 Å². The minimum atomic E-state index is -1.89. The summed E-state index contributed by atoms with van der Waals surface area (Å²) in [6.45, 7) is 1.67. The molecule has 0 amide bonds. The average molecular weight is 432 g/mol. The molecular weight excluding hydrogens is 390 g/mol. The summed E-state index contributed by atoms with van der Waals surface area (Å²) in [6.07, 6.45) is 15.8. The fourth-order valence-electron chi connectivity index (χ4n) is 4.03. The summed E-state index contributed by atoms with van der Waals surface area (Å²) in [5.41, 5.74) is 7.26. The van der Waals surface area contributed by atoms with Crippen LogP contribution in [-0.2, 0) is 0 Å². The molecule has 0 fully saturated rings. The number of benzene rings is 1. The summed E-state index contributed by atoms with van der Waals surface area (Å²) in [5, 5.41) is 24.2. The second-order valence-electron chi connectivity index (χ2n) is 8.52. The van der Waals surface area contributed by atoms with E-state index in [0.717, 1.165) is 19.3 Å². The van der Waals surface area contributed by atoms with E-state index >= 15 is 0 Å². The number of rotatable bonds is 19. The lowest BCUT2D eigenvalue weighted by Gasteiger charge is -2.31. The summed E-state index contributed by atoms with van der Waals surface area (Å²) in [7, 11) is 0. The molecule has 0 heterocycles. The van der Waals surface area contributed by atoms with Crippen molar-refractivity contribution in [3.63, 3.8) is 0 Å². The third-order valence-electron chi connectivity index (χ3n) is 6.01. The van der Waals surface area contributed by atoms with E-state index in [4.69, 9.17) is 5.53 Å². The van der Waals surface area contributed by atoms with Gasteiger partial charge in [-0.2, -0.15) is 0 Å². The second kappa shape index (κ2) is 16.8. The van der Waals surface area contributed by atoms with Crippen LogP contribution >= 0.6 is 0 Å². The number of unbranched alkanes of at least 4 members (excludes halogenated alkanes) is 12. The second-order valence-corrected chi connectivity index (χ2v) is 8.52. The van der Waals surface area contributed by atoms with Crippen LogP contribution in [0.1, 0.15) is 107 Å². The highest BCUT2D eigenvalue weighted by molar-refractivity contribution is 6.02. The number of carbonyl (C=O) groups excluding carboxylic acids is 1. The highest BCUT2D eigenvalue weighted by Crippen LogP contribution is 2.27. The highest BCUT2D eigenvalue weighted by atomic mass is 16.3. The molecule has 0 aromatic heterocycles. The molecule has 0 saturated carbocycles. The first-order valence-corrected chi connectivity index (χ1v) is 12.1. The van der Waals surface area contributed by atoms with Crippen molar-refractivity contribution in [3.8, 4) is 0 Å². The molecule has 6 nitrogen and oxygen atoms in total. The molecule has 1 aromatic rings. The van der Waals surface area contributed by atoms with Crippen molar-refractivity contribution >= 4 is 5.78 Å². The lowest BCUT2D eigenvalue weighted by Crippen LogP contribution is -2.50. The quantitative estimate of drug-likeness (QED) is 0.0831. The molecule has 0 radical (unpaired) electrons. The van der Waals surface area contributed by atoms with Crippen LogP contribution in [0.25, 0.3) is 10.4 Å². The first-order chi connectivity index (χ1) is 15.1. The first kappa shape index (κ1) is 27.2. The van der Waals surface area contributed by atoms with E-state index in [9.17, 15) is 15.0 Å². The van der Waals surface area contributed by atoms with Crippen LogP contribution < -0.4 is 0 Å². The van der Waals surface area contributed by atoms with E-state index < -0.39 is 24.0 Å². The Morgan fingerprint density at radius 3 is 1.87 bits per heavy atom. The molecular formula is C25H41N3O3. The smallest absolute Gasteiger partial charge is 0.194 e. The van der Waals surface area contributed by atoms with Gasteiger partial charge in [0.1, 0.15) is 5.60 Å². The molecule has 0 aliphatic rings. The number of aliphatic hydroxyl groups is 2. The molecule has 0 aliphatic heterocycles. The summed E-state index contributed by atoms with van der Waals surface area (Å²) >= 11 is 0. The largest absolute Gasteiger partial charge is 0.396 e. The van der Waals surface area contributed by atoms with Crippen molar-refractivity contribution in [1.29, 1.82) is 0 Å². The van der Waals surface area contributed by atoms with E-state index in [2.05, 4.69) is 16.9 Å². The van der Waals surface area contributed by atoms with Gasteiger partial charge in [-0.1, -0.05) is 126 Å². The third kappa shape index (κ3) is 10.3. The van der Waals surface area contributed by atoms with Crippen LogP contribution in [0.4, 0.5) is 0 Å². The minimum absolute atomic E-state index is 0.169. The lowest BCUT2D eigenvalue weighted by atomic mass is 9.82. The Kier molecular flexibility index (Phi) is 14.7. The van der Waals surface area contributed by atoms with Crippen molar-refractivity contribution in [2.75, 3.05) is 6.61 Å². The molecule has 31 heavy (non-hydrogen) atoms. The maximum absolute atomic E-state index is 12.9. The van der Waals surface area contributed by atoms with Gasteiger partial charge < -0.3 is 10.2 Å². The van der Waals surface area contributed by atoms with E-state index in [1.54, 1.807) is 30.3 Å². The predicted molar refractivity (Wildman–Crippen MR) is 126 cm³/mol. The number of ketones is 1. The Hall–Kier alpha value is -1.88. The number of Topliss-reactive ketones (excluding diaryl/α,β-unsaturated/α-hetero) is 1. The zero-order valence-electron chi connectivity index (χ0n) is 19.2. The van der Waals surface area contributed by atoms with Gasteiger partial charge in [0, 0.05) is 10.5 Å². The average Bonchev–Trinajstić information content (AvgIpc) is 2.80. The molecule has 0 saturated heterocycles. The highest BCUT2D eigenvalue weighted by Gasteiger charge is 2.43. The molecule has 0 unspecified atom stereocenters. The molecule has 1 rings (SSSR count). The normalized spacial score (nSPS) is 13.9. The van der Waals surface area contributed by atoms with Gasteiger partial charge in [-0.25, -0.2) is 0 Å². The van der Waals surface area contributed by atoms with Gasteiger partial charge in [-0.05, 0) is 12.0 Å². The van der Waals surface area contributed by atoms with Crippen LogP contribution in [0.2, 0.25) is 0 Å². The molecule has 174 valence electrons.